The second kappa shape index (κ2) is 15.0. The first-order chi connectivity index (χ1) is 21.9. The molecule has 1 aromatic carbocycles. The molecule has 1 aromatic rings. The number of nitrogens with zero attached hydrogens (tertiary/aromatic N) is 2. The van der Waals surface area contributed by atoms with Gasteiger partial charge in [-0.3, -0.25) is 4.79 Å². The van der Waals surface area contributed by atoms with Gasteiger partial charge < -0.3 is 34.2 Å². The number of amides is 1. The second-order valence-electron chi connectivity index (χ2n) is 12.8. The first kappa shape index (κ1) is 33.2. The highest BCUT2D eigenvalue weighted by atomic mass is 16.7. The summed E-state index contributed by atoms with van der Waals surface area (Å²) in [6.07, 6.45) is 13.0. The number of carbonyl (C=O) groups is 1. The van der Waals surface area contributed by atoms with E-state index < -0.39 is 11.8 Å². The highest BCUT2D eigenvalue weighted by Gasteiger charge is 2.65. The standard InChI is InChI=1S/C36H50N2O7/c1-5-19-43-26-15-16-31-29(22-26)33-27(12-8-10-18-40)25(11-7-9-17-39)21-28-30(37-42-4)23-32(38(3)35(41)24-13-14-24)36(45-31,34(28)33)44-20-6-2/h5-6,15-16,21-22,24-25,27,32-34,39-40H,1-2,7-14,17-20,23H2,3-4H3. The molecule has 9 nitrogen and oxygen atoms in total. The highest BCUT2D eigenvalue weighted by Crippen LogP contribution is 2.62. The lowest BCUT2D eigenvalue weighted by Crippen LogP contribution is -2.69. The molecule has 1 heterocycles. The van der Waals surface area contributed by atoms with Crippen molar-refractivity contribution in [2.24, 2.45) is 28.8 Å². The SMILES string of the molecule is C=CCOc1ccc2c(c1)C1C(CCCCO)C(CCCCO)C=C3C(=NOC)CC(N(C)C(=O)C4CC4)C(OCC=C)(O2)C31. The first-order valence-electron chi connectivity index (χ1n) is 16.6. The Morgan fingerprint density at radius 3 is 2.51 bits per heavy atom. The molecule has 0 bridgehead atoms. The van der Waals surface area contributed by atoms with Gasteiger partial charge in [0.2, 0.25) is 11.7 Å². The van der Waals surface area contributed by atoms with Crippen LogP contribution in [0, 0.1) is 23.7 Å². The van der Waals surface area contributed by atoms with E-state index in [0.29, 0.717) is 13.0 Å². The van der Waals surface area contributed by atoms with E-state index in [1.165, 1.54) is 0 Å². The van der Waals surface area contributed by atoms with E-state index in [9.17, 15) is 15.0 Å². The number of fused-ring (bicyclic) bond motifs is 2. The average Bonchev–Trinajstić information content (AvgIpc) is 3.90. The largest absolute Gasteiger partial charge is 0.490 e. The lowest BCUT2D eigenvalue weighted by atomic mass is 9.55. The van der Waals surface area contributed by atoms with E-state index in [1.807, 2.05) is 24.1 Å². The molecule has 6 atom stereocenters. The zero-order valence-electron chi connectivity index (χ0n) is 26.9. The molecule has 4 aliphatic rings. The van der Waals surface area contributed by atoms with Gasteiger partial charge >= 0.3 is 0 Å². The van der Waals surface area contributed by atoms with Crippen LogP contribution in [0.1, 0.15) is 69.3 Å². The van der Waals surface area contributed by atoms with E-state index in [-0.39, 0.29) is 55.3 Å². The van der Waals surface area contributed by atoms with E-state index in [2.05, 4.69) is 30.5 Å². The number of allylic oxidation sites excluding steroid dienone is 1. The lowest BCUT2D eigenvalue weighted by molar-refractivity contribution is -0.255. The number of oxime groups is 1. The summed E-state index contributed by atoms with van der Waals surface area (Å²) in [5.74, 6) is 0.400. The van der Waals surface area contributed by atoms with Crippen LogP contribution < -0.4 is 9.47 Å². The number of benzene rings is 1. The number of unbranched alkanes of at least 4 members (excludes halogenated alkanes) is 2. The maximum absolute atomic E-state index is 13.7. The van der Waals surface area contributed by atoms with Crippen molar-refractivity contribution in [1.29, 1.82) is 0 Å². The van der Waals surface area contributed by atoms with E-state index in [0.717, 1.165) is 79.7 Å². The third-order valence-corrected chi connectivity index (χ3v) is 9.96. The third-order valence-electron chi connectivity index (χ3n) is 9.96. The Kier molecular flexibility index (Phi) is 11.1. The summed E-state index contributed by atoms with van der Waals surface area (Å²) in [6, 6.07) is 5.50. The van der Waals surface area contributed by atoms with Gasteiger partial charge in [0.1, 0.15) is 31.3 Å². The van der Waals surface area contributed by atoms with Gasteiger partial charge in [0.15, 0.2) is 0 Å². The van der Waals surface area contributed by atoms with Crippen LogP contribution in [0.5, 0.6) is 11.5 Å². The van der Waals surface area contributed by atoms with Gasteiger partial charge in [0, 0.05) is 44.1 Å². The van der Waals surface area contributed by atoms with Crippen LogP contribution in [0.15, 0.2) is 60.3 Å². The van der Waals surface area contributed by atoms with Crippen molar-refractivity contribution >= 4 is 11.6 Å². The Labute approximate surface area is 267 Å². The number of aliphatic hydroxyl groups is 2. The Morgan fingerprint density at radius 2 is 1.84 bits per heavy atom. The van der Waals surface area contributed by atoms with Crippen molar-refractivity contribution in [3.05, 3.63) is 60.7 Å². The molecule has 2 fully saturated rings. The fraction of sp³-hybridized carbons (Fsp3) is 0.611. The lowest BCUT2D eigenvalue weighted by Gasteiger charge is -2.59. The maximum Gasteiger partial charge on any atom is 0.239 e. The van der Waals surface area contributed by atoms with Crippen molar-refractivity contribution in [2.75, 3.05) is 40.6 Å². The van der Waals surface area contributed by atoms with Crippen molar-refractivity contribution < 1.29 is 34.1 Å². The van der Waals surface area contributed by atoms with Crippen molar-refractivity contribution in [3.8, 4) is 11.5 Å². The van der Waals surface area contributed by atoms with Crippen LogP contribution >= 0.6 is 0 Å². The quantitative estimate of drug-likeness (QED) is 0.136. The number of hydrogen-bond donors (Lipinski definition) is 2. The molecule has 1 aliphatic heterocycles. The predicted molar refractivity (Wildman–Crippen MR) is 173 cm³/mol. The molecule has 1 amide bonds. The van der Waals surface area contributed by atoms with Gasteiger partial charge in [-0.15, -0.1) is 6.58 Å². The monoisotopic (exact) mass is 622 g/mol. The minimum absolute atomic E-state index is 0.0240. The molecule has 0 radical (unpaired) electrons. The van der Waals surface area contributed by atoms with Crippen LogP contribution in [0.2, 0.25) is 0 Å². The number of rotatable bonds is 17. The van der Waals surface area contributed by atoms with Crippen molar-refractivity contribution in [1.82, 2.24) is 4.90 Å². The molecule has 246 valence electrons. The molecule has 0 spiro atoms. The van der Waals surface area contributed by atoms with E-state index in [4.69, 9.17) is 19.0 Å². The molecule has 2 saturated carbocycles. The van der Waals surface area contributed by atoms with Crippen molar-refractivity contribution in [2.45, 2.75) is 75.5 Å². The fourth-order valence-electron chi connectivity index (χ4n) is 7.85. The van der Waals surface area contributed by atoms with Gasteiger partial charge in [-0.2, -0.15) is 0 Å². The summed E-state index contributed by atoms with van der Waals surface area (Å²) in [5.41, 5.74) is 2.88. The molecule has 2 N–H and O–H groups in total. The van der Waals surface area contributed by atoms with Gasteiger partial charge in [0.25, 0.3) is 0 Å². The third kappa shape index (κ3) is 6.71. The molecular weight excluding hydrogens is 572 g/mol. The van der Waals surface area contributed by atoms with E-state index >= 15 is 0 Å². The van der Waals surface area contributed by atoms with Crippen LogP contribution in [-0.4, -0.2) is 79.1 Å². The number of hydrogen-bond acceptors (Lipinski definition) is 8. The van der Waals surface area contributed by atoms with Crippen LogP contribution in [0.4, 0.5) is 0 Å². The van der Waals surface area contributed by atoms with E-state index in [1.54, 1.807) is 19.3 Å². The zero-order valence-corrected chi connectivity index (χ0v) is 26.9. The Balaban J connectivity index is 1.73. The van der Waals surface area contributed by atoms with Gasteiger partial charge in [0.05, 0.1) is 18.2 Å². The first-order valence-corrected chi connectivity index (χ1v) is 16.6. The fourth-order valence-corrected chi connectivity index (χ4v) is 7.85. The Morgan fingerprint density at radius 1 is 1.11 bits per heavy atom. The average molecular weight is 623 g/mol. The molecule has 9 heteroatoms. The number of carbonyl (C=O) groups excluding carboxylic acids is 1. The molecule has 6 unspecified atom stereocenters. The molecular formula is C36H50N2O7. The van der Waals surface area contributed by atoms with Gasteiger partial charge in [-0.05, 0) is 74.1 Å². The second-order valence-corrected chi connectivity index (χ2v) is 12.8. The van der Waals surface area contributed by atoms with Gasteiger partial charge in [-0.25, -0.2) is 0 Å². The zero-order chi connectivity index (χ0) is 32.0. The minimum Gasteiger partial charge on any atom is -0.490 e. The number of ether oxygens (including phenoxy) is 3. The van der Waals surface area contributed by atoms with Crippen LogP contribution in [0.3, 0.4) is 0 Å². The number of likely N-dealkylation sites (N-methyl/N-ethyl adjacent to an activating group) is 1. The maximum atomic E-state index is 13.7. The predicted octanol–water partition coefficient (Wildman–Crippen LogP) is 5.38. The Hall–Kier alpha value is -3.14. The highest BCUT2D eigenvalue weighted by molar-refractivity contribution is 6.03. The molecule has 45 heavy (non-hydrogen) atoms. The molecule has 0 saturated heterocycles. The summed E-state index contributed by atoms with van der Waals surface area (Å²) in [4.78, 5) is 21.0. The summed E-state index contributed by atoms with van der Waals surface area (Å²) >= 11 is 0. The summed E-state index contributed by atoms with van der Waals surface area (Å²) in [7, 11) is 3.42. The summed E-state index contributed by atoms with van der Waals surface area (Å²) < 4.78 is 20.0. The minimum atomic E-state index is -1.20. The Bertz CT molecular complexity index is 1270. The van der Waals surface area contributed by atoms with Crippen LogP contribution in [-0.2, 0) is 14.4 Å². The normalized spacial score (nSPS) is 29.1. The summed E-state index contributed by atoms with van der Waals surface area (Å²) in [6.45, 7) is 8.70. The molecule has 3 aliphatic carbocycles. The summed E-state index contributed by atoms with van der Waals surface area (Å²) in [5, 5.41) is 23.9. The molecule has 0 aromatic heterocycles. The smallest absolute Gasteiger partial charge is 0.239 e. The van der Waals surface area contributed by atoms with Crippen molar-refractivity contribution in [3.63, 3.8) is 0 Å². The van der Waals surface area contributed by atoms with Gasteiger partial charge in [-0.1, -0.05) is 42.8 Å². The molecule has 5 rings (SSSR count). The number of aliphatic hydroxyl groups excluding tert-OH is 2. The van der Waals surface area contributed by atoms with Crippen LogP contribution in [0.25, 0.3) is 0 Å². The topological polar surface area (TPSA) is 110 Å².